The maximum Gasteiger partial charge on any atom is 0.460 e. The first kappa shape index (κ1) is 61.4. The molecule has 27 heteroatoms. The Labute approximate surface area is 389 Å². The molecule has 0 saturated carbocycles. The van der Waals surface area contributed by atoms with Crippen LogP contribution in [-0.2, 0) is 18.7 Å². The van der Waals surface area contributed by atoms with Gasteiger partial charge in [0.1, 0.15) is 30.1 Å². The van der Waals surface area contributed by atoms with E-state index < -0.39 is 134 Å². The molecule has 70 heavy (non-hydrogen) atoms. The molecule has 7 nitrogen and oxygen atoms in total. The average Bonchev–Trinajstić information content (AvgIpc) is 3.22. The number of ether oxygens (including phenoxy) is 3. The molecule has 0 aliphatic carbocycles. The van der Waals surface area contributed by atoms with Gasteiger partial charge in [-0.05, 0) is 72.8 Å². The first-order valence-electron chi connectivity index (χ1n) is 20.7. The van der Waals surface area contributed by atoms with Crippen LogP contribution < -0.4 is 10.1 Å². The van der Waals surface area contributed by atoms with Crippen LogP contribution in [0.2, 0.25) is 17.1 Å². The molecule has 0 radical (unpaired) electrons. The van der Waals surface area contributed by atoms with Crippen LogP contribution in [0.1, 0.15) is 73.0 Å². The minimum Gasteiger partial charge on any atom is -0.491 e. The standard InChI is InChI=1S/C43H48F19NO6Si/c1-8-66-33(64)22-26(6)10-9-11-27(7)34(69-35(65)63-32-17-14-29(44)23-31(32)45)28-12-15-30(16-13-28)67-19-20-68-70(24(2)3,25(4)5)21-18-36(46,47)37(48,49)38(50,51)39(52,53)40(54,55)41(56,57)42(58,59)43(60,61)62/h9-10,12-17,22-25,27,34H,8,11,18-21H2,1-7H3,(H,63,65)/b10-9+,26-22+/t27-,34+/m0/s1. The van der Waals surface area contributed by atoms with Crippen molar-refractivity contribution in [2.24, 2.45) is 5.92 Å². The second-order valence-corrected chi connectivity index (χ2v) is 21.5. The first-order valence-corrected chi connectivity index (χ1v) is 23.0. The average molecular weight is 1060 g/mol. The van der Waals surface area contributed by atoms with E-state index in [1.54, 1.807) is 32.9 Å². The second kappa shape index (κ2) is 22.8. The molecule has 0 unspecified atom stereocenters. The summed E-state index contributed by atoms with van der Waals surface area (Å²) >= 11 is 0. The third-order valence-electron chi connectivity index (χ3n) is 10.9. The largest absolute Gasteiger partial charge is 0.491 e. The summed E-state index contributed by atoms with van der Waals surface area (Å²) in [5.41, 5.74) is -1.43. The summed E-state index contributed by atoms with van der Waals surface area (Å²) in [5, 5.41) is 2.16. The third-order valence-corrected chi connectivity index (χ3v) is 16.6. The van der Waals surface area contributed by atoms with Crippen molar-refractivity contribution in [1.82, 2.24) is 0 Å². The summed E-state index contributed by atoms with van der Waals surface area (Å²) in [4.78, 5) is 24.7. The van der Waals surface area contributed by atoms with Gasteiger partial charge in [0.2, 0.25) is 0 Å². The Morgan fingerprint density at radius 2 is 1.21 bits per heavy atom. The highest BCUT2D eigenvalue weighted by molar-refractivity contribution is 6.76. The first-order chi connectivity index (χ1) is 31.7. The Balaban J connectivity index is 2.33. The molecule has 0 heterocycles. The van der Waals surface area contributed by atoms with E-state index in [1.165, 1.54) is 58.0 Å². The van der Waals surface area contributed by atoms with Gasteiger partial charge in [0, 0.05) is 24.5 Å². The van der Waals surface area contributed by atoms with E-state index in [2.05, 4.69) is 5.32 Å². The van der Waals surface area contributed by atoms with Crippen molar-refractivity contribution in [1.29, 1.82) is 0 Å². The third kappa shape index (κ3) is 13.0. The summed E-state index contributed by atoms with van der Waals surface area (Å²) in [6.07, 6.45) is -8.00. The number of halogens is 19. The lowest BCUT2D eigenvalue weighted by Gasteiger charge is -2.44. The van der Waals surface area contributed by atoms with Crippen LogP contribution in [0.3, 0.4) is 0 Å². The molecular formula is C43H48F19NO6Si. The molecule has 0 aliphatic rings. The molecule has 1 N–H and O–H groups in total. The summed E-state index contributed by atoms with van der Waals surface area (Å²) in [6.45, 7) is 9.16. The smallest absolute Gasteiger partial charge is 0.460 e. The van der Waals surface area contributed by atoms with E-state index in [0.29, 0.717) is 17.2 Å². The van der Waals surface area contributed by atoms with Gasteiger partial charge < -0.3 is 18.6 Å². The van der Waals surface area contributed by atoms with E-state index in [4.69, 9.17) is 18.6 Å². The van der Waals surface area contributed by atoms with Gasteiger partial charge in [-0.2, -0.15) is 74.6 Å². The molecule has 1 amide bonds. The minimum absolute atomic E-state index is 0.0577. The highest BCUT2D eigenvalue weighted by Gasteiger charge is 2.95. The molecule has 0 aromatic heterocycles. The van der Waals surface area contributed by atoms with Crippen LogP contribution in [0.25, 0.3) is 0 Å². The fraction of sp³-hybridized carbons (Fsp3) is 0.581. The number of allylic oxidation sites excluding steroid dienone is 3. The number of hydrogen-bond donors (Lipinski definition) is 1. The number of carbonyl (C=O) groups is 2. The van der Waals surface area contributed by atoms with Crippen molar-refractivity contribution in [2.45, 2.75) is 132 Å². The van der Waals surface area contributed by atoms with Crippen molar-refractivity contribution < 1.29 is 112 Å². The number of esters is 1. The number of rotatable bonds is 25. The zero-order valence-corrected chi connectivity index (χ0v) is 39.0. The van der Waals surface area contributed by atoms with Crippen molar-refractivity contribution in [3.05, 3.63) is 83.5 Å². The Kier molecular flexibility index (Phi) is 20.0. The number of alkyl halides is 17. The Morgan fingerprint density at radius 1 is 0.700 bits per heavy atom. The van der Waals surface area contributed by atoms with Crippen LogP contribution in [0.15, 0.2) is 66.3 Å². The van der Waals surface area contributed by atoms with Gasteiger partial charge in [0.05, 0.1) is 18.9 Å². The second-order valence-electron chi connectivity index (χ2n) is 16.5. The van der Waals surface area contributed by atoms with Crippen LogP contribution in [-0.4, -0.2) is 87.8 Å². The van der Waals surface area contributed by atoms with Gasteiger partial charge in [0.25, 0.3) is 0 Å². The topological polar surface area (TPSA) is 83.1 Å². The van der Waals surface area contributed by atoms with Gasteiger partial charge in [0.15, 0.2) is 8.32 Å². The predicted octanol–water partition coefficient (Wildman–Crippen LogP) is 14.9. The summed E-state index contributed by atoms with van der Waals surface area (Å²) in [5.74, 6) is -60.1. The summed E-state index contributed by atoms with van der Waals surface area (Å²) < 4.78 is 286. The van der Waals surface area contributed by atoms with E-state index in [-0.39, 0.29) is 18.8 Å². The maximum absolute atomic E-state index is 15.0. The number of benzene rings is 2. The Bertz CT molecular complexity index is 2120. The van der Waals surface area contributed by atoms with Gasteiger partial charge in [-0.15, -0.1) is 0 Å². The van der Waals surface area contributed by atoms with Crippen molar-refractivity contribution in [3.63, 3.8) is 0 Å². The highest BCUT2D eigenvalue weighted by Crippen LogP contribution is 2.64. The fourth-order valence-corrected chi connectivity index (χ4v) is 11.3. The number of hydrogen-bond acceptors (Lipinski definition) is 6. The van der Waals surface area contributed by atoms with Gasteiger partial charge >= 0.3 is 59.7 Å². The molecule has 398 valence electrons. The van der Waals surface area contributed by atoms with Crippen LogP contribution in [0, 0.1) is 17.6 Å². The molecule has 0 aliphatic heterocycles. The maximum atomic E-state index is 15.0. The molecule has 2 atom stereocenters. The van der Waals surface area contributed by atoms with Crippen LogP contribution in [0.4, 0.5) is 93.9 Å². The van der Waals surface area contributed by atoms with E-state index >= 15 is 8.78 Å². The zero-order valence-electron chi connectivity index (χ0n) is 38.0. The summed E-state index contributed by atoms with van der Waals surface area (Å²) in [6, 6.07) is 6.49. The van der Waals surface area contributed by atoms with Crippen molar-refractivity contribution in [2.75, 3.05) is 25.1 Å². The molecule has 2 aromatic carbocycles. The lowest BCUT2D eigenvalue weighted by Crippen LogP contribution is -2.74. The van der Waals surface area contributed by atoms with Gasteiger partial charge in [-0.25, -0.2) is 18.4 Å². The molecular weight excluding hydrogens is 1020 g/mol. The van der Waals surface area contributed by atoms with E-state index in [9.17, 15) is 84.2 Å². The van der Waals surface area contributed by atoms with Gasteiger partial charge in [-0.3, -0.25) is 5.32 Å². The number of anilines is 1. The molecule has 0 spiro atoms. The fourth-order valence-electron chi connectivity index (χ4n) is 6.87. The molecule has 0 fully saturated rings. The minimum atomic E-state index is -8.72. The normalized spacial score (nSPS) is 15.1. The predicted molar refractivity (Wildman–Crippen MR) is 216 cm³/mol. The van der Waals surface area contributed by atoms with Crippen molar-refractivity contribution in [3.8, 4) is 5.75 Å². The Hall–Kier alpha value is -4.69. The van der Waals surface area contributed by atoms with Gasteiger partial charge in [-0.1, -0.05) is 58.9 Å². The lowest BCUT2D eigenvalue weighted by atomic mass is 9.88. The Morgan fingerprint density at radius 3 is 1.70 bits per heavy atom. The number of nitrogens with one attached hydrogen (secondary N) is 1. The molecule has 2 rings (SSSR count). The molecule has 2 aromatic rings. The van der Waals surface area contributed by atoms with Crippen LogP contribution >= 0.6 is 0 Å². The van der Waals surface area contributed by atoms with Crippen molar-refractivity contribution >= 4 is 26.1 Å². The quantitative estimate of drug-likeness (QED) is 0.0266. The number of amides is 1. The highest BCUT2D eigenvalue weighted by atomic mass is 28.4. The van der Waals surface area contributed by atoms with Crippen LogP contribution in [0.5, 0.6) is 5.75 Å². The molecule has 0 saturated heterocycles. The van der Waals surface area contributed by atoms with E-state index in [1.807, 2.05) is 0 Å². The number of carbonyl (C=O) groups excluding carboxylic acids is 2. The lowest BCUT2D eigenvalue weighted by molar-refractivity contribution is -0.461. The summed E-state index contributed by atoms with van der Waals surface area (Å²) in [7, 11) is -4.06. The monoisotopic (exact) mass is 1060 g/mol. The van der Waals surface area contributed by atoms with E-state index in [0.717, 1.165) is 12.1 Å². The zero-order chi connectivity index (χ0) is 54.3. The SMILES string of the molecule is CCOC(=O)/C=C(C)/C=C/C[C@H](C)[C@@H](OC(=O)Nc1ccc(F)cc1F)c1ccc(OCCO[Si](CCC(F)(F)C(F)(F)C(F)(F)C(F)(F)C(F)(F)C(F)(F)C(F)(F)C(F)(F)F)(C(C)C)C(C)C)cc1. The molecule has 0 bridgehead atoms.